The van der Waals surface area contributed by atoms with Gasteiger partial charge in [-0.3, -0.25) is 0 Å². The van der Waals surface area contributed by atoms with Gasteiger partial charge in [-0.2, -0.15) is 4.98 Å². The van der Waals surface area contributed by atoms with E-state index < -0.39 is 12.0 Å². The number of benzene rings is 2. The predicted octanol–water partition coefficient (Wildman–Crippen LogP) is 5.26. The third kappa shape index (κ3) is 5.67. The molecule has 190 valence electrons. The number of ether oxygens (including phenoxy) is 3. The third-order valence-corrected chi connectivity index (χ3v) is 6.80. The number of hydrogen-bond acceptors (Lipinski definition) is 8. The highest BCUT2D eigenvalue weighted by atomic mass is 32.2. The summed E-state index contributed by atoms with van der Waals surface area (Å²) in [4.78, 5) is 17.7. The van der Waals surface area contributed by atoms with Gasteiger partial charge in [0.25, 0.3) is 0 Å². The van der Waals surface area contributed by atoms with Crippen LogP contribution in [0.3, 0.4) is 0 Å². The number of esters is 1. The second-order valence-corrected chi connectivity index (χ2v) is 9.35. The van der Waals surface area contributed by atoms with Crippen molar-refractivity contribution in [2.75, 3.05) is 31.4 Å². The molecule has 2 heterocycles. The highest BCUT2D eigenvalue weighted by Crippen LogP contribution is 2.39. The van der Waals surface area contributed by atoms with Gasteiger partial charge in [0, 0.05) is 17.9 Å². The Morgan fingerprint density at radius 2 is 1.94 bits per heavy atom. The second kappa shape index (κ2) is 12.0. The molecule has 8 nitrogen and oxygen atoms in total. The summed E-state index contributed by atoms with van der Waals surface area (Å²) in [6, 6.07) is 15.4. The van der Waals surface area contributed by atoms with Crippen molar-refractivity contribution in [3.63, 3.8) is 0 Å². The molecule has 0 amide bonds. The SMILES string of the molecule is CCCSc1nc2n(n1)C(c1ccc(OCCc3ccccc3)c(OC)c1)C(C(=O)OCC)=C(C)N2. The maximum atomic E-state index is 13.0. The Hall–Kier alpha value is -3.46. The van der Waals surface area contributed by atoms with Crippen LogP contribution in [0, 0.1) is 0 Å². The predicted molar refractivity (Wildman–Crippen MR) is 141 cm³/mol. The van der Waals surface area contributed by atoms with Gasteiger partial charge < -0.3 is 19.5 Å². The molecule has 1 atom stereocenters. The molecule has 0 spiro atoms. The average molecular weight is 509 g/mol. The number of rotatable bonds is 11. The van der Waals surface area contributed by atoms with Gasteiger partial charge in [-0.05, 0) is 43.5 Å². The van der Waals surface area contributed by atoms with Crippen LogP contribution < -0.4 is 14.8 Å². The first kappa shape index (κ1) is 25.6. The molecule has 0 bridgehead atoms. The van der Waals surface area contributed by atoms with E-state index in [1.165, 1.54) is 5.56 Å². The van der Waals surface area contributed by atoms with Crippen LogP contribution in [0.25, 0.3) is 0 Å². The molecule has 1 aliphatic rings. The zero-order valence-corrected chi connectivity index (χ0v) is 21.9. The topological polar surface area (TPSA) is 87.5 Å². The van der Waals surface area contributed by atoms with E-state index in [-0.39, 0.29) is 6.61 Å². The van der Waals surface area contributed by atoms with Crippen molar-refractivity contribution in [1.82, 2.24) is 14.8 Å². The van der Waals surface area contributed by atoms with Crippen LogP contribution in [0.1, 0.15) is 44.4 Å². The largest absolute Gasteiger partial charge is 0.493 e. The Labute approximate surface area is 216 Å². The van der Waals surface area contributed by atoms with E-state index in [2.05, 4.69) is 29.4 Å². The van der Waals surface area contributed by atoms with Crippen molar-refractivity contribution < 1.29 is 19.0 Å². The quantitative estimate of drug-likeness (QED) is 0.277. The summed E-state index contributed by atoms with van der Waals surface area (Å²) < 4.78 is 18.9. The van der Waals surface area contributed by atoms with Crippen LogP contribution in [0.15, 0.2) is 65.0 Å². The van der Waals surface area contributed by atoms with Gasteiger partial charge in [-0.25, -0.2) is 9.48 Å². The van der Waals surface area contributed by atoms with Crippen LogP contribution in [0.5, 0.6) is 11.5 Å². The number of anilines is 1. The zero-order chi connectivity index (χ0) is 25.5. The number of carbonyl (C=O) groups excluding carboxylic acids is 1. The van der Waals surface area contributed by atoms with E-state index in [1.807, 2.05) is 43.3 Å². The van der Waals surface area contributed by atoms with Crippen LogP contribution in [-0.4, -0.2) is 46.8 Å². The van der Waals surface area contributed by atoms with Crippen molar-refractivity contribution in [3.05, 3.63) is 70.9 Å². The molecule has 3 aromatic rings. The van der Waals surface area contributed by atoms with Crippen LogP contribution >= 0.6 is 11.8 Å². The molecular formula is C27H32N4O4S. The maximum Gasteiger partial charge on any atom is 0.338 e. The highest BCUT2D eigenvalue weighted by molar-refractivity contribution is 7.99. The number of methoxy groups -OCH3 is 1. The summed E-state index contributed by atoms with van der Waals surface area (Å²) in [5.74, 6) is 2.34. The molecule has 1 aliphatic heterocycles. The zero-order valence-electron chi connectivity index (χ0n) is 21.1. The molecule has 0 aliphatic carbocycles. The standard InChI is InChI=1S/C27H32N4O4S/c1-5-16-36-27-29-26-28-18(3)23(25(32)34-6-2)24(31(26)30-27)20-12-13-21(22(17-20)33-4)35-15-14-19-10-8-7-9-11-19/h7-13,17,24H,5-6,14-16H2,1-4H3,(H,28,29,30). The fraction of sp³-hybridized carbons (Fsp3) is 0.370. The first-order valence-electron chi connectivity index (χ1n) is 12.1. The molecule has 0 saturated carbocycles. The lowest BCUT2D eigenvalue weighted by Gasteiger charge is -2.28. The molecule has 1 unspecified atom stereocenters. The van der Waals surface area contributed by atoms with E-state index in [0.29, 0.717) is 40.5 Å². The fourth-order valence-corrected chi connectivity index (χ4v) is 4.75. The highest BCUT2D eigenvalue weighted by Gasteiger charge is 2.35. The molecule has 36 heavy (non-hydrogen) atoms. The van der Waals surface area contributed by atoms with Crippen molar-refractivity contribution in [2.24, 2.45) is 0 Å². The molecular weight excluding hydrogens is 476 g/mol. The number of carbonyl (C=O) groups is 1. The maximum absolute atomic E-state index is 13.0. The molecule has 0 radical (unpaired) electrons. The summed E-state index contributed by atoms with van der Waals surface area (Å²) in [6.45, 7) is 6.57. The molecule has 0 saturated heterocycles. The first-order chi connectivity index (χ1) is 17.5. The number of hydrogen-bond donors (Lipinski definition) is 1. The van der Waals surface area contributed by atoms with Gasteiger partial charge >= 0.3 is 5.97 Å². The van der Waals surface area contributed by atoms with E-state index in [0.717, 1.165) is 24.2 Å². The van der Waals surface area contributed by atoms with E-state index in [4.69, 9.17) is 19.3 Å². The molecule has 9 heteroatoms. The molecule has 0 fully saturated rings. The first-order valence-corrected chi connectivity index (χ1v) is 13.1. The van der Waals surface area contributed by atoms with E-state index in [1.54, 1.807) is 30.5 Å². The Balaban J connectivity index is 1.65. The van der Waals surface area contributed by atoms with Crippen LogP contribution in [0.4, 0.5) is 5.95 Å². The van der Waals surface area contributed by atoms with Crippen LogP contribution in [-0.2, 0) is 16.0 Å². The van der Waals surface area contributed by atoms with Gasteiger partial charge in [0.2, 0.25) is 11.1 Å². The smallest absolute Gasteiger partial charge is 0.338 e. The third-order valence-electron chi connectivity index (χ3n) is 5.76. The number of fused-ring (bicyclic) bond motifs is 1. The lowest BCUT2D eigenvalue weighted by atomic mass is 9.95. The van der Waals surface area contributed by atoms with Gasteiger partial charge in [0.15, 0.2) is 11.5 Å². The van der Waals surface area contributed by atoms with E-state index >= 15 is 0 Å². The number of nitrogens with zero attached hydrogens (tertiary/aromatic N) is 3. The summed E-state index contributed by atoms with van der Waals surface area (Å²) >= 11 is 1.59. The Bertz CT molecular complexity index is 1230. The van der Waals surface area contributed by atoms with Crippen molar-refractivity contribution in [3.8, 4) is 11.5 Å². The molecule has 1 aromatic heterocycles. The van der Waals surface area contributed by atoms with Gasteiger partial charge in [0.1, 0.15) is 6.04 Å². The minimum atomic E-state index is -0.518. The monoisotopic (exact) mass is 508 g/mol. The van der Waals surface area contributed by atoms with Crippen LogP contribution in [0.2, 0.25) is 0 Å². The minimum Gasteiger partial charge on any atom is -0.493 e. The minimum absolute atomic E-state index is 0.279. The van der Waals surface area contributed by atoms with E-state index in [9.17, 15) is 4.79 Å². The summed E-state index contributed by atoms with van der Waals surface area (Å²) in [7, 11) is 1.61. The molecule has 1 N–H and O–H groups in total. The molecule has 2 aromatic carbocycles. The van der Waals surface area contributed by atoms with Crippen molar-refractivity contribution >= 4 is 23.7 Å². The second-order valence-electron chi connectivity index (χ2n) is 8.29. The lowest BCUT2D eigenvalue weighted by molar-refractivity contribution is -0.139. The Morgan fingerprint density at radius 1 is 1.14 bits per heavy atom. The average Bonchev–Trinajstić information content (AvgIpc) is 3.29. The molecule has 4 rings (SSSR count). The van der Waals surface area contributed by atoms with Crippen molar-refractivity contribution in [2.45, 2.75) is 44.8 Å². The number of thioether (sulfide) groups is 1. The number of allylic oxidation sites excluding steroid dienone is 1. The number of nitrogens with one attached hydrogen (secondary N) is 1. The van der Waals surface area contributed by atoms with Gasteiger partial charge in [0.05, 0.1) is 25.9 Å². The Kier molecular flexibility index (Phi) is 8.53. The number of aromatic nitrogens is 3. The van der Waals surface area contributed by atoms with Crippen molar-refractivity contribution in [1.29, 1.82) is 0 Å². The van der Waals surface area contributed by atoms with Gasteiger partial charge in [-0.15, -0.1) is 5.10 Å². The lowest BCUT2D eigenvalue weighted by Crippen LogP contribution is -2.29. The summed E-state index contributed by atoms with van der Waals surface area (Å²) in [6.07, 6.45) is 1.80. The van der Waals surface area contributed by atoms with Gasteiger partial charge in [-0.1, -0.05) is 55.1 Å². The summed E-state index contributed by atoms with van der Waals surface area (Å²) in [5, 5.41) is 8.62. The Morgan fingerprint density at radius 3 is 2.67 bits per heavy atom. The fourth-order valence-electron chi connectivity index (χ4n) is 4.06. The summed E-state index contributed by atoms with van der Waals surface area (Å²) in [5.41, 5.74) is 3.20. The normalized spacial score (nSPS) is 14.7.